The minimum Gasteiger partial charge on any atom is -0.314 e. The molecule has 0 aliphatic rings. The molecule has 0 bridgehead atoms. The Hall–Kier alpha value is -0.830. The summed E-state index contributed by atoms with van der Waals surface area (Å²) in [5, 5.41) is 7.58. The van der Waals surface area contributed by atoms with Gasteiger partial charge in [-0.15, -0.1) is 0 Å². The Labute approximate surface area is 73.8 Å². The number of hydrogen-bond acceptors (Lipinski definition) is 2. The van der Waals surface area contributed by atoms with E-state index in [4.69, 9.17) is 0 Å². The Balaban J connectivity index is 2.84. The summed E-state index contributed by atoms with van der Waals surface area (Å²) in [4.78, 5) is 0. The van der Waals surface area contributed by atoms with Crippen molar-refractivity contribution < 1.29 is 0 Å². The normalized spacial score (nSPS) is 10.6. The first kappa shape index (κ1) is 9.26. The molecule has 1 aromatic heterocycles. The lowest BCUT2D eigenvalue weighted by atomic mass is 10.3. The molecule has 0 saturated carbocycles. The predicted octanol–water partition coefficient (Wildman–Crippen LogP) is 1.18. The third-order valence-electron chi connectivity index (χ3n) is 1.93. The summed E-state index contributed by atoms with van der Waals surface area (Å²) >= 11 is 0. The molecular weight excluding hydrogens is 150 g/mol. The highest BCUT2D eigenvalue weighted by Crippen LogP contribution is 2.04. The zero-order valence-corrected chi connectivity index (χ0v) is 8.09. The lowest BCUT2D eigenvalue weighted by Crippen LogP contribution is -2.11. The highest BCUT2D eigenvalue weighted by molar-refractivity contribution is 5.10. The number of aryl methyl sites for hydroxylation is 2. The monoisotopic (exact) mass is 167 g/mol. The van der Waals surface area contributed by atoms with E-state index in [1.165, 1.54) is 11.4 Å². The highest BCUT2D eigenvalue weighted by atomic mass is 15.3. The van der Waals surface area contributed by atoms with Crippen LogP contribution >= 0.6 is 0 Å². The average Bonchev–Trinajstić information content (AvgIpc) is 2.48. The van der Waals surface area contributed by atoms with E-state index in [0.29, 0.717) is 0 Å². The summed E-state index contributed by atoms with van der Waals surface area (Å²) in [7, 11) is 1.96. The van der Waals surface area contributed by atoms with Crippen molar-refractivity contribution in [2.45, 2.75) is 33.4 Å². The van der Waals surface area contributed by atoms with Crippen molar-refractivity contribution in [1.82, 2.24) is 15.1 Å². The molecule has 12 heavy (non-hydrogen) atoms. The number of nitrogens with zero attached hydrogens (tertiary/aromatic N) is 2. The molecule has 0 atom stereocenters. The van der Waals surface area contributed by atoms with Gasteiger partial charge in [0.2, 0.25) is 0 Å². The smallest absolute Gasteiger partial charge is 0.0625 e. The van der Waals surface area contributed by atoms with Crippen LogP contribution in [-0.2, 0) is 19.5 Å². The van der Waals surface area contributed by atoms with Crippen LogP contribution in [0, 0.1) is 0 Å². The number of rotatable bonds is 4. The lowest BCUT2D eigenvalue weighted by Gasteiger charge is -2.01. The van der Waals surface area contributed by atoms with Gasteiger partial charge >= 0.3 is 0 Å². The van der Waals surface area contributed by atoms with Gasteiger partial charge in [-0.3, -0.25) is 4.68 Å². The molecule has 0 fully saturated rings. The summed E-state index contributed by atoms with van der Waals surface area (Å²) in [5.41, 5.74) is 2.46. The van der Waals surface area contributed by atoms with Crippen LogP contribution in [-0.4, -0.2) is 16.8 Å². The fourth-order valence-electron chi connectivity index (χ4n) is 1.28. The van der Waals surface area contributed by atoms with Crippen LogP contribution in [0.25, 0.3) is 0 Å². The maximum atomic E-state index is 4.44. The average molecular weight is 167 g/mol. The van der Waals surface area contributed by atoms with E-state index in [-0.39, 0.29) is 0 Å². The van der Waals surface area contributed by atoms with Gasteiger partial charge in [-0.1, -0.05) is 6.92 Å². The fraction of sp³-hybridized carbons (Fsp3) is 0.667. The Morgan fingerprint density at radius 2 is 2.25 bits per heavy atom. The minimum atomic E-state index is 0.904. The summed E-state index contributed by atoms with van der Waals surface area (Å²) < 4.78 is 2.05. The molecule has 0 unspecified atom stereocenters. The molecule has 0 aromatic carbocycles. The Morgan fingerprint density at radius 3 is 2.75 bits per heavy atom. The van der Waals surface area contributed by atoms with Gasteiger partial charge in [0.15, 0.2) is 0 Å². The first-order valence-electron chi connectivity index (χ1n) is 4.52. The van der Waals surface area contributed by atoms with E-state index in [2.05, 4.69) is 35.0 Å². The molecule has 1 rings (SSSR count). The van der Waals surface area contributed by atoms with Crippen LogP contribution in [0.4, 0.5) is 0 Å². The van der Waals surface area contributed by atoms with Gasteiger partial charge in [0.05, 0.1) is 11.4 Å². The van der Waals surface area contributed by atoms with Gasteiger partial charge in [-0.05, 0) is 26.5 Å². The molecule has 0 radical (unpaired) electrons. The molecule has 0 aliphatic heterocycles. The van der Waals surface area contributed by atoms with Crippen LogP contribution in [0.1, 0.15) is 25.2 Å². The lowest BCUT2D eigenvalue weighted by molar-refractivity contribution is 0.597. The second kappa shape index (κ2) is 4.26. The molecule has 0 spiro atoms. The van der Waals surface area contributed by atoms with Crippen molar-refractivity contribution in [3.63, 3.8) is 0 Å². The van der Waals surface area contributed by atoms with E-state index >= 15 is 0 Å². The molecule has 0 saturated heterocycles. The SMILES string of the molecule is CCc1cc(CNC)n(CC)n1. The Bertz CT molecular complexity index is 240. The van der Waals surface area contributed by atoms with Crippen LogP contribution in [0.3, 0.4) is 0 Å². The zero-order chi connectivity index (χ0) is 8.97. The summed E-state index contributed by atoms with van der Waals surface area (Å²) in [6.07, 6.45) is 1.02. The predicted molar refractivity (Wildman–Crippen MR) is 50.0 cm³/mol. The Morgan fingerprint density at radius 1 is 1.50 bits per heavy atom. The molecule has 1 aromatic rings. The van der Waals surface area contributed by atoms with E-state index in [0.717, 1.165) is 19.5 Å². The van der Waals surface area contributed by atoms with Crippen LogP contribution in [0.2, 0.25) is 0 Å². The second-order valence-electron chi connectivity index (χ2n) is 2.83. The quantitative estimate of drug-likeness (QED) is 0.730. The van der Waals surface area contributed by atoms with E-state index in [1.54, 1.807) is 0 Å². The molecule has 3 heteroatoms. The maximum Gasteiger partial charge on any atom is 0.0625 e. The van der Waals surface area contributed by atoms with E-state index in [9.17, 15) is 0 Å². The van der Waals surface area contributed by atoms with Crippen molar-refractivity contribution in [1.29, 1.82) is 0 Å². The highest BCUT2D eigenvalue weighted by Gasteiger charge is 2.03. The van der Waals surface area contributed by atoms with Gasteiger partial charge in [-0.25, -0.2) is 0 Å². The van der Waals surface area contributed by atoms with Gasteiger partial charge < -0.3 is 5.32 Å². The standard InChI is InChI=1S/C9H17N3/c1-4-8-6-9(7-10-3)12(5-2)11-8/h6,10H,4-5,7H2,1-3H3. The fourth-order valence-corrected chi connectivity index (χ4v) is 1.28. The van der Waals surface area contributed by atoms with Crippen LogP contribution in [0.15, 0.2) is 6.07 Å². The van der Waals surface area contributed by atoms with Gasteiger partial charge in [0.1, 0.15) is 0 Å². The topological polar surface area (TPSA) is 29.9 Å². The second-order valence-corrected chi connectivity index (χ2v) is 2.83. The molecule has 3 nitrogen and oxygen atoms in total. The molecule has 68 valence electrons. The molecule has 0 amide bonds. The molecular formula is C9H17N3. The van der Waals surface area contributed by atoms with Crippen molar-refractivity contribution in [3.05, 3.63) is 17.5 Å². The van der Waals surface area contributed by atoms with Crippen molar-refractivity contribution in [3.8, 4) is 0 Å². The Kier molecular flexibility index (Phi) is 3.29. The van der Waals surface area contributed by atoms with Gasteiger partial charge in [-0.2, -0.15) is 5.10 Å². The first-order chi connectivity index (χ1) is 5.81. The van der Waals surface area contributed by atoms with Gasteiger partial charge in [0, 0.05) is 13.1 Å². The molecule has 1 N–H and O–H groups in total. The molecule has 1 heterocycles. The maximum absolute atomic E-state index is 4.44. The largest absolute Gasteiger partial charge is 0.314 e. The van der Waals surface area contributed by atoms with Gasteiger partial charge in [0.25, 0.3) is 0 Å². The summed E-state index contributed by atoms with van der Waals surface area (Å²) in [5.74, 6) is 0. The van der Waals surface area contributed by atoms with Crippen molar-refractivity contribution >= 4 is 0 Å². The van der Waals surface area contributed by atoms with E-state index in [1.807, 2.05) is 7.05 Å². The molecule has 0 aliphatic carbocycles. The zero-order valence-electron chi connectivity index (χ0n) is 8.09. The number of nitrogens with one attached hydrogen (secondary N) is 1. The minimum absolute atomic E-state index is 0.904. The third-order valence-corrected chi connectivity index (χ3v) is 1.93. The summed E-state index contributed by atoms with van der Waals surface area (Å²) in [6, 6.07) is 2.17. The third kappa shape index (κ3) is 1.85. The number of aromatic nitrogens is 2. The van der Waals surface area contributed by atoms with E-state index < -0.39 is 0 Å². The summed E-state index contributed by atoms with van der Waals surface area (Å²) in [6.45, 7) is 6.11. The number of hydrogen-bond donors (Lipinski definition) is 1. The van der Waals surface area contributed by atoms with Crippen LogP contribution < -0.4 is 5.32 Å². The first-order valence-corrected chi connectivity index (χ1v) is 4.52. The van der Waals surface area contributed by atoms with Crippen LogP contribution in [0.5, 0.6) is 0 Å². The van der Waals surface area contributed by atoms with Crippen molar-refractivity contribution in [2.75, 3.05) is 7.05 Å². The van der Waals surface area contributed by atoms with Crippen molar-refractivity contribution in [2.24, 2.45) is 0 Å².